The van der Waals surface area contributed by atoms with E-state index in [0.717, 1.165) is 22.6 Å². The van der Waals surface area contributed by atoms with Crippen LogP contribution < -0.4 is 5.76 Å². The van der Waals surface area contributed by atoms with E-state index in [-0.39, 0.29) is 17.4 Å². The highest BCUT2D eigenvalue weighted by atomic mass is 16.4. The largest absolute Gasteiger partial charge is 0.492 e. The molecule has 158 valence electrons. The molecule has 0 atom stereocenters. The van der Waals surface area contributed by atoms with Crippen LogP contribution in [0.2, 0.25) is 0 Å². The monoisotopic (exact) mass is 418 g/mol. The number of hydrogen-bond donors (Lipinski definition) is 2. The third-order valence-electron chi connectivity index (χ3n) is 5.12. The normalized spacial score (nSPS) is 11.0. The van der Waals surface area contributed by atoms with E-state index >= 15 is 0 Å². The van der Waals surface area contributed by atoms with Crippen molar-refractivity contribution >= 4 is 5.78 Å². The van der Waals surface area contributed by atoms with E-state index in [4.69, 9.17) is 8.83 Å². The molecule has 4 aromatic rings. The molecule has 2 aromatic heterocycles. The van der Waals surface area contributed by atoms with Crippen molar-refractivity contribution in [3.05, 3.63) is 93.5 Å². The quantitative estimate of drug-likeness (QED) is 0.414. The Balaban J connectivity index is 1.34. The maximum absolute atomic E-state index is 12.6. The van der Waals surface area contributed by atoms with Crippen molar-refractivity contribution in [2.75, 3.05) is 0 Å². The number of aromatic hydroxyl groups is 1. The Bertz CT molecular complexity index is 1230. The zero-order valence-electron chi connectivity index (χ0n) is 17.1. The van der Waals surface area contributed by atoms with Crippen molar-refractivity contribution in [3.63, 3.8) is 0 Å². The van der Waals surface area contributed by atoms with Crippen LogP contribution in [0.3, 0.4) is 0 Å². The first-order valence-corrected chi connectivity index (χ1v) is 10.0. The van der Waals surface area contributed by atoms with Gasteiger partial charge in [-0.2, -0.15) is 0 Å². The lowest BCUT2D eigenvalue weighted by Crippen LogP contribution is -2.02. The van der Waals surface area contributed by atoms with Gasteiger partial charge in [-0.05, 0) is 31.0 Å². The highest BCUT2D eigenvalue weighted by molar-refractivity contribution is 5.96. The van der Waals surface area contributed by atoms with Crippen LogP contribution in [0.1, 0.15) is 39.6 Å². The lowest BCUT2D eigenvalue weighted by atomic mass is 10.0. The molecule has 0 saturated heterocycles. The van der Waals surface area contributed by atoms with Gasteiger partial charge in [-0.1, -0.05) is 42.5 Å². The Morgan fingerprint density at radius 2 is 1.74 bits per heavy atom. The van der Waals surface area contributed by atoms with Crippen LogP contribution in [-0.4, -0.2) is 20.9 Å². The van der Waals surface area contributed by atoms with Gasteiger partial charge in [0.05, 0.1) is 5.69 Å². The van der Waals surface area contributed by atoms with Gasteiger partial charge in [0.15, 0.2) is 11.5 Å². The number of H-pyrrole nitrogens is 1. The lowest BCUT2D eigenvalue weighted by Gasteiger charge is -2.03. The minimum Gasteiger partial charge on any atom is -0.492 e. The molecule has 0 saturated carbocycles. The second-order valence-electron chi connectivity index (χ2n) is 7.29. The molecule has 7 heteroatoms. The van der Waals surface area contributed by atoms with E-state index in [9.17, 15) is 14.7 Å². The van der Waals surface area contributed by atoms with Crippen LogP contribution in [0.5, 0.6) is 5.88 Å². The number of carbonyl (C=O) groups excluding carboxylic acids is 1. The van der Waals surface area contributed by atoms with Crippen molar-refractivity contribution < 1.29 is 18.7 Å². The van der Waals surface area contributed by atoms with Crippen molar-refractivity contribution in [2.45, 2.75) is 32.6 Å². The zero-order valence-corrected chi connectivity index (χ0v) is 17.1. The molecule has 0 aliphatic rings. The molecule has 2 N–H and O–H groups in total. The number of aryl methyl sites for hydroxylation is 4. The fourth-order valence-electron chi connectivity index (χ4n) is 3.38. The maximum atomic E-state index is 12.6. The van der Waals surface area contributed by atoms with Crippen LogP contribution >= 0.6 is 0 Å². The number of hydrogen-bond acceptors (Lipinski definition) is 6. The Labute approximate surface area is 178 Å². The maximum Gasteiger partial charge on any atom is 0.419 e. The molecule has 0 aliphatic heterocycles. The van der Waals surface area contributed by atoms with Gasteiger partial charge in [0.25, 0.3) is 0 Å². The van der Waals surface area contributed by atoms with Crippen LogP contribution in [0.25, 0.3) is 11.5 Å². The third kappa shape index (κ3) is 4.83. The molecule has 4 rings (SSSR count). The van der Waals surface area contributed by atoms with Gasteiger partial charge >= 0.3 is 5.76 Å². The Morgan fingerprint density at radius 3 is 2.42 bits per heavy atom. The van der Waals surface area contributed by atoms with Gasteiger partial charge in [0.1, 0.15) is 5.76 Å². The predicted molar refractivity (Wildman–Crippen MR) is 114 cm³/mol. The molecule has 0 radical (unpaired) electrons. The summed E-state index contributed by atoms with van der Waals surface area (Å²) in [6.07, 6.45) is 1.80. The van der Waals surface area contributed by atoms with Crippen molar-refractivity contribution in [3.8, 4) is 17.3 Å². The number of oxazole rings is 2. The lowest BCUT2D eigenvalue weighted by molar-refractivity contribution is 0.0982. The summed E-state index contributed by atoms with van der Waals surface area (Å²) in [7, 11) is 0. The standard InChI is InChI=1S/C24H22N2O5/c1-15-19(25-23(30-15)18-5-3-2-4-6-18)12-13-20(27)17-10-7-16(8-11-17)9-14-21-22(28)26-24(29)31-21/h2-8,10-11,28H,9,12-14H2,1H3,(H,26,29). The molecule has 0 bridgehead atoms. The second kappa shape index (κ2) is 8.87. The van der Waals surface area contributed by atoms with Crippen molar-refractivity contribution in [1.29, 1.82) is 0 Å². The number of aromatic nitrogens is 2. The number of nitrogens with one attached hydrogen (secondary N) is 1. The third-order valence-corrected chi connectivity index (χ3v) is 5.12. The SMILES string of the molecule is Cc1oc(-c2ccccc2)nc1CCC(=O)c1ccc(CCc2oc(=O)[nH]c2O)cc1. The summed E-state index contributed by atoms with van der Waals surface area (Å²) in [5, 5.41) is 9.56. The summed E-state index contributed by atoms with van der Waals surface area (Å²) in [4.78, 5) is 30.4. The van der Waals surface area contributed by atoms with Gasteiger partial charge in [0, 0.05) is 30.4 Å². The predicted octanol–water partition coefficient (Wildman–Crippen LogP) is 4.24. The van der Waals surface area contributed by atoms with Gasteiger partial charge in [-0.15, -0.1) is 0 Å². The summed E-state index contributed by atoms with van der Waals surface area (Å²) < 4.78 is 10.6. The summed E-state index contributed by atoms with van der Waals surface area (Å²) in [6, 6.07) is 17.0. The Morgan fingerprint density at radius 1 is 1.00 bits per heavy atom. The number of nitrogens with zero attached hydrogens (tertiary/aromatic N) is 1. The highest BCUT2D eigenvalue weighted by Gasteiger charge is 2.14. The van der Waals surface area contributed by atoms with Crippen LogP contribution in [-0.2, 0) is 19.3 Å². The van der Waals surface area contributed by atoms with Crippen molar-refractivity contribution in [2.24, 2.45) is 0 Å². The van der Waals surface area contributed by atoms with E-state index in [1.54, 1.807) is 12.1 Å². The minimum atomic E-state index is -0.674. The van der Waals surface area contributed by atoms with Gasteiger partial charge in [0.2, 0.25) is 11.8 Å². The molecule has 2 heterocycles. The molecule has 0 unspecified atom stereocenters. The van der Waals surface area contributed by atoms with Gasteiger partial charge in [-0.25, -0.2) is 9.78 Å². The topological polar surface area (TPSA) is 109 Å². The number of carbonyl (C=O) groups is 1. The number of ketones is 1. The average molecular weight is 418 g/mol. The molecule has 2 aromatic carbocycles. The van der Waals surface area contributed by atoms with Crippen molar-refractivity contribution in [1.82, 2.24) is 9.97 Å². The average Bonchev–Trinajstić information content (AvgIpc) is 3.32. The Kier molecular flexibility index (Phi) is 5.84. The molecular weight excluding hydrogens is 396 g/mol. The second-order valence-corrected chi connectivity index (χ2v) is 7.29. The first-order chi connectivity index (χ1) is 15.0. The van der Waals surface area contributed by atoms with E-state index in [1.165, 1.54) is 0 Å². The zero-order chi connectivity index (χ0) is 21.8. The summed E-state index contributed by atoms with van der Waals surface area (Å²) in [6.45, 7) is 1.86. The molecular formula is C24H22N2O5. The molecule has 0 aliphatic carbocycles. The summed E-state index contributed by atoms with van der Waals surface area (Å²) in [5.74, 6) is 0.630. The highest BCUT2D eigenvalue weighted by Crippen LogP contribution is 2.22. The molecule has 7 nitrogen and oxygen atoms in total. The summed E-state index contributed by atoms with van der Waals surface area (Å²) in [5.41, 5.74) is 3.30. The fraction of sp³-hybridized carbons (Fsp3) is 0.208. The van der Waals surface area contributed by atoms with Crippen LogP contribution in [0, 0.1) is 6.92 Å². The number of Topliss-reactive ketones (excluding diaryl/α,β-unsaturated/α-hetero) is 1. The molecule has 31 heavy (non-hydrogen) atoms. The molecule has 0 fully saturated rings. The number of rotatable bonds is 8. The van der Waals surface area contributed by atoms with E-state index in [2.05, 4.69) is 9.97 Å². The van der Waals surface area contributed by atoms with E-state index in [0.29, 0.717) is 37.1 Å². The minimum absolute atomic E-state index is 0.0319. The first-order valence-electron chi connectivity index (χ1n) is 10.0. The first kappa shape index (κ1) is 20.4. The van der Waals surface area contributed by atoms with Gasteiger partial charge in [-0.3, -0.25) is 9.78 Å². The fourth-order valence-corrected chi connectivity index (χ4v) is 3.38. The van der Waals surface area contributed by atoms with E-state index in [1.807, 2.05) is 49.4 Å². The molecule has 0 spiro atoms. The van der Waals surface area contributed by atoms with Gasteiger partial charge < -0.3 is 13.9 Å². The smallest absolute Gasteiger partial charge is 0.419 e. The molecule has 0 amide bonds. The number of aromatic amines is 1. The van der Waals surface area contributed by atoms with Crippen LogP contribution in [0.4, 0.5) is 0 Å². The number of benzene rings is 2. The van der Waals surface area contributed by atoms with E-state index < -0.39 is 5.76 Å². The van der Waals surface area contributed by atoms with Crippen LogP contribution in [0.15, 0.2) is 68.2 Å². The Hall–Kier alpha value is -3.87. The summed E-state index contributed by atoms with van der Waals surface area (Å²) >= 11 is 0.